The van der Waals surface area contributed by atoms with Gasteiger partial charge in [-0.05, 0) is 13.8 Å². The molecule has 2 heterocycles. The Balaban J connectivity index is 2.37. The van der Waals surface area contributed by atoms with E-state index >= 15 is 0 Å². The first kappa shape index (κ1) is 18.4. The van der Waals surface area contributed by atoms with Gasteiger partial charge in [-0.15, -0.1) is 0 Å². The third-order valence-electron chi connectivity index (χ3n) is 3.55. The maximum atomic E-state index is 13.0. The van der Waals surface area contributed by atoms with Crippen LogP contribution >= 0.6 is 0 Å². The second-order valence-electron chi connectivity index (χ2n) is 5.71. The molecule has 2 aliphatic rings. The van der Waals surface area contributed by atoms with Crippen LogP contribution in [0.25, 0.3) is 0 Å². The van der Waals surface area contributed by atoms with Crippen LogP contribution in [0.5, 0.6) is 0 Å². The molecule has 11 heteroatoms. The normalized spacial score (nSPS) is 43.2. The van der Waals surface area contributed by atoms with E-state index in [0.717, 1.165) is 0 Å². The molecule has 0 aromatic rings. The molecule has 1 unspecified atom stereocenters. The van der Waals surface area contributed by atoms with Crippen LogP contribution in [0.2, 0.25) is 0 Å². The summed E-state index contributed by atoms with van der Waals surface area (Å²) in [5.74, 6) is -9.37. The van der Waals surface area contributed by atoms with E-state index in [-0.39, 0.29) is 0 Å². The average Bonchev–Trinajstić information content (AvgIpc) is 2.95. The van der Waals surface area contributed by atoms with Crippen molar-refractivity contribution in [1.82, 2.24) is 0 Å². The molecule has 0 bridgehead atoms. The minimum atomic E-state index is -3.42. The Labute approximate surface area is 128 Å². The number of rotatable bonds is 5. The quantitative estimate of drug-likeness (QED) is 0.617. The number of carboxylic acids is 1. The molecular formula is C12H17F3O8. The third-order valence-corrected chi connectivity index (χ3v) is 3.55. The van der Waals surface area contributed by atoms with Crippen LogP contribution in [0.4, 0.5) is 13.2 Å². The molecule has 0 spiro atoms. The highest BCUT2D eigenvalue weighted by Gasteiger charge is 2.67. The summed E-state index contributed by atoms with van der Waals surface area (Å²) in [5, 5.41) is 28.6. The molecule has 0 radical (unpaired) electrons. The Morgan fingerprint density at radius 3 is 2.30 bits per heavy atom. The molecule has 134 valence electrons. The molecule has 8 nitrogen and oxygen atoms in total. The van der Waals surface area contributed by atoms with E-state index < -0.39 is 61.3 Å². The highest BCUT2D eigenvalue weighted by molar-refractivity contribution is 5.76. The van der Waals surface area contributed by atoms with Gasteiger partial charge in [0.1, 0.15) is 18.9 Å². The van der Waals surface area contributed by atoms with Crippen molar-refractivity contribution in [2.75, 3.05) is 13.3 Å². The van der Waals surface area contributed by atoms with E-state index in [1.807, 2.05) is 0 Å². The highest BCUT2D eigenvalue weighted by atomic mass is 19.3. The van der Waals surface area contributed by atoms with E-state index in [0.29, 0.717) is 0 Å². The van der Waals surface area contributed by atoms with Crippen molar-refractivity contribution < 1.29 is 52.2 Å². The Kier molecular flexibility index (Phi) is 4.65. The zero-order chi connectivity index (χ0) is 17.6. The van der Waals surface area contributed by atoms with E-state index in [4.69, 9.17) is 24.1 Å². The molecule has 0 saturated carbocycles. The minimum absolute atomic E-state index is 0.894. The summed E-state index contributed by atoms with van der Waals surface area (Å²) in [4.78, 5) is 11.3. The number of halogens is 3. The average molecular weight is 346 g/mol. The summed E-state index contributed by atoms with van der Waals surface area (Å²) in [6.07, 6.45) is -8.50. The maximum absolute atomic E-state index is 13.0. The van der Waals surface area contributed by atoms with Crippen LogP contribution < -0.4 is 0 Å². The number of aliphatic hydroxyl groups is 2. The second-order valence-corrected chi connectivity index (χ2v) is 5.71. The molecule has 0 amide bonds. The molecule has 2 saturated heterocycles. The predicted molar refractivity (Wildman–Crippen MR) is 64.2 cm³/mol. The van der Waals surface area contributed by atoms with Crippen molar-refractivity contribution in [3.8, 4) is 0 Å². The summed E-state index contributed by atoms with van der Waals surface area (Å²) < 4.78 is 58.8. The van der Waals surface area contributed by atoms with Gasteiger partial charge in [-0.2, -0.15) is 0 Å². The summed E-state index contributed by atoms with van der Waals surface area (Å²) in [6.45, 7) is -0.0877. The summed E-state index contributed by atoms with van der Waals surface area (Å²) in [6, 6.07) is 0. The summed E-state index contributed by atoms with van der Waals surface area (Å²) >= 11 is 0. The largest absolute Gasteiger partial charge is 0.477 e. The van der Waals surface area contributed by atoms with Gasteiger partial charge in [0, 0.05) is 0 Å². The fourth-order valence-corrected chi connectivity index (χ4v) is 2.58. The molecular weight excluding hydrogens is 329 g/mol. The predicted octanol–water partition coefficient (Wildman–Crippen LogP) is -0.382. The van der Waals surface area contributed by atoms with Gasteiger partial charge in [0.25, 0.3) is 18.0 Å². The molecule has 0 aromatic carbocycles. The fraction of sp³-hybridized carbons (Fsp3) is 0.917. The minimum Gasteiger partial charge on any atom is -0.477 e. The zero-order valence-electron chi connectivity index (χ0n) is 12.2. The van der Waals surface area contributed by atoms with Crippen molar-refractivity contribution in [2.24, 2.45) is 0 Å². The van der Waals surface area contributed by atoms with Gasteiger partial charge >= 0.3 is 5.97 Å². The van der Waals surface area contributed by atoms with Gasteiger partial charge in [-0.1, -0.05) is 0 Å². The van der Waals surface area contributed by atoms with Gasteiger partial charge in [-0.25, -0.2) is 18.0 Å². The van der Waals surface area contributed by atoms with Gasteiger partial charge < -0.3 is 34.3 Å². The molecule has 2 aliphatic heterocycles. The van der Waals surface area contributed by atoms with E-state index in [1.165, 1.54) is 13.8 Å². The van der Waals surface area contributed by atoms with Crippen molar-refractivity contribution in [3.63, 3.8) is 0 Å². The Morgan fingerprint density at radius 1 is 1.26 bits per heavy atom. The van der Waals surface area contributed by atoms with E-state index in [2.05, 4.69) is 0 Å². The van der Waals surface area contributed by atoms with Crippen LogP contribution in [0, 0.1) is 0 Å². The smallest absolute Gasteiger partial charge is 0.367 e. The standard InChI is InChI=1S/C12H17F3O8/c1-10(2)22-7(12(19,23-10)9(17)18)6-5(3-16)20-11(4-13,21-6)8(14)15/h5-8,16,19H,3-4H2,1-2H3,(H,17,18)/t5-,6-,7+,11?,12-/m1/s1. The molecule has 2 rings (SSSR count). The summed E-state index contributed by atoms with van der Waals surface area (Å²) in [5.41, 5.74) is 0. The molecule has 0 aliphatic carbocycles. The van der Waals surface area contributed by atoms with Crippen LogP contribution in [0.1, 0.15) is 13.8 Å². The molecule has 2 fully saturated rings. The number of aliphatic carboxylic acids is 1. The second kappa shape index (κ2) is 5.83. The number of ether oxygens (including phenoxy) is 4. The highest BCUT2D eigenvalue weighted by Crippen LogP contribution is 2.44. The molecule has 5 atom stereocenters. The first-order valence-electron chi connectivity index (χ1n) is 6.65. The fourth-order valence-electron chi connectivity index (χ4n) is 2.58. The Morgan fingerprint density at radius 2 is 1.87 bits per heavy atom. The lowest BCUT2D eigenvalue weighted by atomic mass is 10.0. The monoisotopic (exact) mass is 346 g/mol. The number of carbonyl (C=O) groups is 1. The van der Waals surface area contributed by atoms with Crippen molar-refractivity contribution in [3.05, 3.63) is 0 Å². The van der Waals surface area contributed by atoms with Gasteiger partial charge in [0.05, 0.1) is 6.61 Å². The van der Waals surface area contributed by atoms with Crippen LogP contribution in [0.15, 0.2) is 0 Å². The van der Waals surface area contributed by atoms with Crippen LogP contribution in [0.3, 0.4) is 0 Å². The topological polar surface area (TPSA) is 115 Å². The van der Waals surface area contributed by atoms with Crippen LogP contribution in [-0.2, 0) is 23.7 Å². The Bertz CT molecular complexity index is 475. The molecule has 23 heavy (non-hydrogen) atoms. The lowest BCUT2D eigenvalue weighted by Gasteiger charge is -2.28. The number of aliphatic hydroxyl groups excluding tert-OH is 1. The first-order chi connectivity index (χ1) is 10.5. The van der Waals surface area contributed by atoms with Crippen molar-refractivity contribution in [2.45, 2.75) is 55.9 Å². The summed E-state index contributed by atoms with van der Waals surface area (Å²) in [7, 11) is 0. The zero-order valence-corrected chi connectivity index (χ0v) is 12.2. The Hall–Kier alpha value is -0.980. The lowest BCUT2D eigenvalue weighted by Crippen LogP contribution is -2.56. The van der Waals surface area contributed by atoms with Crippen molar-refractivity contribution in [1.29, 1.82) is 0 Å². The molecule has 0 aromatic heterocycles. The van der Waals surface area contributed by atoms with Gasteiger partial charge in [0.2, 0.25) is 0 Å². The van der Waals surface area contributed by atoms with Gasteiger partial charge in [-0.3, -0.25) is 0 Å². The number of hydrogen-bond acceptors (Lipinski definition) is 7. The number of carboxylic acid groups (broad SMARTS) is 1. The lowest BCUT2D eigenvalue weighted by molar-refractivity contribution is -0.265. The van der Waals surface area contributed by atoms with Gasteiger partial charge in [0.15, 0.2) is 11.9 Å². The maximum Gasteiger partial charge on any atom is 0.367 e. The van der Waals surface area contributed by atoms with E-state index in [9.17, 15) is 28.2 Å². The van der Waals surface area contributed by atoms with E-state index in [1.54, 1.807) is 0 Å². The first-order valence-corrected chi connectivity index (χ1v) is 6.65. The van der Waals surface area contributed by atoms with Crippen molar-refractivity contribution >= 4 is 5.97 Å². The SMILES string of the molecule is CC1(C)O[C@@H]([C@@H]2OC(CF)(C(F)F)O[C@@H]2CO)[C@](O)(C(=O)O)O1. The molecule has 3 N–H and O–H groups in total. The van der Waals surface area contributed by atoms with Crippen LogP contribution in [-0.4, -0.2) is 76.7 Å². The number of hydrogen-bond donors (Lipinski definition) is 3. The number of alkyl halides is 3. The third kappa shape index (κ3) is 2.92.